The van der Waals surface area contributed by atoms with Crippen LogP contribution in [0.2, 0.25) is 0 Å². The van der Waals surface area contributed by atoms with Crippen LogP contribution in [0.25, 0.3) is 11.1 Å². The normalized spacial score (nSPS) is 11.4. The maximum atomic E-state index is 13.9. The van der Waals surface area contributed by atoms with Crippen LogP contribution < -0.4 is 10.2 Å². The van der Waals surface area contributed by atoms with Crippen molar-refractivity contribution in [2.75, 3.05) is 6.61 Å². The largest absolute Gasteiger partial charge is 0.493 e. The van der Waals surface area contributed by atoms with Crippen LogP contribution in [0.15, 0.2) is 109 Å². The lowest BCUT2D eigenvalue weighted by atomic mass is 9.85. The van der Waals surface area contributed by atoms with E-state index in [1.807, 2.05) is 109 Å². The van der Waals surface area contributed by atoms with Crippen LogP contribution in [0.5, 0.6) is 5.75 Å². The average molecular weight is 532 g/mol. The zero-order valence-corrected chi connectivity index (χ0v) is 22.4. The highest BCUT2D eigenvalue weighted by molar-refractivity contribution is 6.14. The highest BCUT2D eigenvalue weighted by Crippen LogP contribution is 2.30. The van der Waals surface area contributed by atoms with E-state index in [9.17, 15) is 9.59 Å². The predicted octanol–water partition coefficient (Wildman–Crippen LogP) is 6.31. The van der Waals surface area contributed by atoms with E-state index >= 15 is 0 Å². The van der Waals surface area contributed by atoms with Gasteiger partial charge in [0.2, 0.25) is 5.91 Å². The molecule has 0 spiro atoms. The first-order valence-electron chi connectivity index (χ1n) is 13.5. The van der Waals surface area contributed by atoms with Crippen LogP contribution in [-0.2, 0) is 11.3 Å². The van der Waals surface area contributed by atoms with Gasteiger partial charge in [-0.05, 0) is 54.2 Å². The summed E-state index contributed by atoms with van der Waals surface area (Å²) in [6.45, 7) is 0.778. The fourth-order valence-electron chi connectivity index (χ4n) is 4.50. The van der Waals surface area contributed by atoms with Gasteiger partial charge in [-0.3, -0.25) is 14.8 Å². The molecule has 0 saturated carbocycles. The Morgan fingerprint density at radius 1 is 0.775 bits per heavy atom. The molecule has 2 amide bonds. The van der Waals surface area contributed by atoms with E-state index in [1.54, 1.807) is 10.4 Å². The van der Waals surface area contributed by atoms with Crippen molar-refractivity contribution in [3.05, 3.63) is 126 Å². The predicted molar refractivity (Wildman–Crippen MR) is 157 cm³/mol. The summed E-state index contributed by atoms with van der Waals surface area (Å²) in [6.07, 6.45) is 2.43. The molecule has 2 N–H and O–H groups in total. The van der Waals surface area contributed by atoms with Gasteiger partial charge in [0.15, 0.2) is 0 Å². The first-order valence-corrected chi connectivity index (χ1v) is 13.5. The van der Waals surface area contributed by atoms with Gasteiger partial charge in [-0.1, -0.05) is 91.0 Å². The molecule has 4 aromatic carbocycles. The highest BCUT2D eigenvalue weighted by atomic mass is 16.5. The van der Waals surface area contributed by atoms with E-state index < -0.39 is 11.8 Å². The molecule has 0 aromatic heterocycles. The number of unbranched alkanes of at least 4 members (excludes halogenated alkanes) is 2. The molecule has 0 fully saturated rings. The van der Waals surface area contributed by atoms with Gasteiger partial charge in [-0.15, -0.1) is 0 Å². The Morgan fingerprint density at radius 2 is 1.40 bits per heavy atom. The van der Waals surface area contributed by atoms with Crippen molar-refractivity contribution in [3.8, 4) is 16.9 Å². The van der Waals surface area contributed by atoms with Crippen molar-refractivity contribution in [2.45, 2.75) is 38.2 Å². The molecule has 0 saturated heterocycles. The lowest BCUT2D eigenvalue weighted by Crippen LogP contribution is -2.35. The molecule has 0 bridgehead atoms. The number of nitrogens with zero attached hydrogens (tertiary/aromatic N) is 1. The minimum absolute atomic E-state index is 0.173. The quantitative estimate of drug-likeness (QED) is 0.0916. The first kappa shape index (κ1) is 28.6. The van der Waals surface area contributed by atoms with E-state index in [0.717, 1.165) is 29.5 Å². The number of rotatable bonds is 13. The fourth-order valence-corrected chi connectivity index (χ4v) is 4.50. The zero-order chi connectivity index (χ0) is 28.2. The number of ether oxygens (including phenoxy) is 1. The number of carbonyl (C=O) groups is 2. The topological polar surface area (TPSA) is 78.9 Å². The molecule has 0 aliphatic carbocycles. The number of nitrogens with one attached hydrogen (secondary N) is 1. The number of carbonyl (C=O) groups excluding carboxylic acids is 2. The molecule has 4 aromatic rings. The van der Waals surface area contributed by atoms with E-state index in [-0.39, 0.29) is 12.3 Å². The molecular weight excluding hydrogens is 499 g/mol. The highest BCUT2D eigenvalue weighted by Gasteiger charge is 2.25. The lowest BCUT2D eigenvalue weighted by molar-refractivity contribution is -0.129. The minimum Gasteiger partial charge on any atom is -0.493 e. The standard InChI is InChI=1S/C33H33BN2O4/c34-32(29-16-9-10-17-30(29)40-23-11-3-8-18-31(37)35-39)36(24-25-12-4-1-5-13-25)33(38)28-21-19-27(20-22-28)26-14-6-2-7-15-26/h1-2,4-7,9-10,12-17,19-22,32,39H,3,8,11,18,23-24H2,(H,35,37). The maximum absolute atomic E-state index is 13.9. The summed E-state index contributed by atoms with van der Waals surface area (Å²) in [5.74, 6) is -0.692. The molecule has 0 heterocycles. The molecule has 7 heteroatoms. The number of hydrogen-bond acceptors (Lipinski definition) is 4. The molecular formula is C33H33BN2O4. The first-order chi connectivity index (χ1) is 19.6. The summed E-state index contributed by atoms with van der Waals surface area (Å²) in [5.41, 5.74) is 6.00. The van der Waals surface area contributed by atoms with Crippen LogP contribution in [0.4, 0.5) is 0 Å². The Bertz CT molecular complexity index is 1360. The maximum Gasteiger partial charge on any atom is 0.253 e. The monoisotopic (exact) mass is 532 g/mol. The van der Waals surface area contributed by atoms with Crippen molar-refractivity contribution < 1.29 is 19.5 Å². The molecule has 4 rings (SSSR count). The molecule has 40 heavy (non-hydrogen) atoms. The molecule has 2 radical (unpaired) electrons. The second-order valence-electron chi connectivity index (χ2n) is 9.54. The van der Waals surface area contributed by atoms with Gasteiger partial charge < -0.3 is 9.64 Å². The summed E-state index contributed by atoms with van der Waals surface area (Å²) in [5, 5.41) is 8.61. The van der Waals surface area contributed by atoms with E-state index in [1.165, 1.54) is 0 Å². The third-order valence-electron chi connectivity index (χ3n) is 6.70. The summed E-state index contributed by atoms with van der Waals surface area (Å²) in [7, 11) is 6.80. The second kappa shape index (κ2) is 14.7. The summed E-state index contributed by atoms with van der Waals surface area (Å²) in [6, 6.07) is 34.9. The number of para-hydroxylation sites is 1. The molecule has 6 nitrogen and oxygen atoms in total. The van der Waals surface area contributed by atoms with Gasteiger partial charge in [0, 0.05) is 30.0 Å². The van der Waals surface area contributed by atoms with Crippen molar-refractivity contribution in [1.29, 1.82) is 0 Å². The van der Waals surface area contributed by atoms with Crippen molar-refractivity contribution >= 4 is 19.7 Å². The Balaban J connectivity index is 1.51. The van der Waals surface area contributed by atoms with E-state index in [4.69, 9.17) is 17.8 Å². The van der Waals surface area contributed by atoms with Crippen LogP contribution in [0, 0.1) is 0 Å². The summed E-state index contributed by atoms with van der Waals surface area (Å²) < 4.78 is 6.07. The van der Waals surface area contributed by atoms with Crippen LogP contribution in [0.3, 0.4) is 0 Å². The van der Waals surface area contributed by atoms with Gasteiger partial charge in [-0.25, -0.2) is 5.48 Å². The van der Waals surface area contributed by atoms with Crippen molar-refractivity contribution in [3.63, 3.8) is 0 Å². The second-order valence-corrected chi connectivity index (χ2v) is 9.54. The number of benzene rings is 4. The average Bonchev–Trinajstić information content (AvgIpc) is 3.02. The van der Waals surface area contributed by atoms with Crippen LogP contribution in [-0.4, -0.2) is 36.4 Å². The molecule has 202 valence electrons. The van der Waals surface area contributed by atoms with Gasteiger partial charge in [-0.2, -0.15) is 0 Å². The third kappa shape index (κ3) is 7.84. The lowest BCUT2D eigenvalue weighted by Gasteiger charge is -2.31. The zero-order valence-electron chi connectivity index (χ0n) is 22.4. The third-order valence-corrected chi connectivity index (χ3v) is 6.70. The van der Waals surface area contributed by atoms with Crippen LogP contribution in [0.1, 0.15) is 53.1 Å². The Labute approximate surface area is 237 Å². The molecule has 1 atom stereocenters. The van der Waals surface area contributed by atoms with Gasteiger partial charge in [0.1, 0.15) is 13.6 Å². The fraction of sp³-hybridized carbons (Fsp3) is 0.212. The van der Waals surface area contributed by atoms with Gasteiger partial charge in [0.25, 0.3) is 5.91 Å². The van der Waals surface area contributed by atoms with Crippen molar-refractivity contribution in [1.82, 2.24) is 10.4 Å². The van der Waals surface area contributed by atoms with Gasteiger partial charge >= 0.3 is 0 Å². The SMILES string of the molecule is [B]C(c1ccccc1OCCCCCC(=O)NO)N(Cc1ccccc1)C(=O)c1ccc(-c2ccccc2)cc1. The Kier molecular flexibility index (Phi) is 10.5. The van der Waals surface area contributed by atoms with E-state index in [0.29, 0.717) is 36.4 Å². The molecule has 1 unspecified atom stereocenters. The molecule has 0 aliphatic heterocycles. The van der Waals surface area contributed by atoms with Gasteiger partial charge in [0.05, 0.1) is 6.61 Å². The Morgan fingerprint density at radius 3 is 2.10 bits per heavy atom. The number of amides is 2. The molecule has 0 aliphatic rings. The smallest absolute Gasteiger partial charge is 0.253 e. The van der Waals surface area contributed by atoms with Crippen LogP contribution >= 0.6 is 0 Å². The number of hydroxylamine groups is 1. The summed E-state index contributed by atoms with van der Waals surface area (Å²) >= 11 is 0. The number of hydrogen-bond donors (Lipinski definition) is 2. The van der Waals surface area contributed by atoms with Crippen molar-refractivity contribution in [2.24, 2.45) is 0 Å². The minimum atomic E-state index is -0.744. The van der Waals surface area contributed by atoms with E-state index in [2.05, 4.69) is 0 Å². The summed E-state index contributed by atoms with van der Waals surface area (Å²) in [4.78, 5) is 26.7. The Hall–Kier alpha value is -4.36.